The highest BCUT2D eigenvalue weighted by molar-refractivity contribution is 5.80. The predicted molar refractivity (Wildman–Crippen MR) is 58.8 cm³/mol. The summed E-state index contributed by atoms with van der Waals surface area (Å²) in [4.78, 5) is 13.2. The van der Waals surface area contributed by atoms with Gasteiger partial charge in [-0.15, -0.1) is 0 Å². The molecule has 0 spiro atoms. The van der Waals surface area contributed by atoms with Gasteiger partial charge in [0.1, 0.15) is 0 Å². The first kappa shape index (κ1) is 10.7. The molecule has 2 rings (SSSR count). The van der Waals surface area contributed by atoms with Crippen molar-refractivity contribution in [3.63, 3.8) is 0 Å². The fraction of sp³-hybridized carbons (Fsp3) is 0.750. The molecule has 0 aromatic carbocycles. The van der Waals surface area contributed by atoms with E-state index < -0.39 is 5.97 Å². The Labute approximate surface area is 90.8 Å². The third kappa shape index (κ3) is 2.23. The zero-order valence-electron chi connectivity index (χ0n) is 9.28. The number of hydrogen-bond acceptors (Lipinski definition) is 2. The number of piperidine rings is 1. The number of rotatable bonds is 3. The molecule has 2 unspecified atom stereocenters. The molecule has 84 valence electrons. The summed E-state index contributed by atoms with van der Waals surface area (Å²) in [5, 5.41) is 8.74. The van der Waals surface area contributed by atoms with Crippen LogP contribution in [0.1, 0.15) is 39.0 Å². The van der Waals surface area contributed by atoms with Crippen molar-refractivity contribution in [2.75, 3.05) is 6.54 Å². The van der Waals surface area contributed by atoms with Gasteiger partial charge in [0.2, 0.25) is 0 Å². The van der Waals surface area contributed by atoms with Gasteiger partial charge in [0.05, 0.1) is 0 Å². The maximum atomic E-state index is 10.6. The van der Waals surface area contributed by atoms with E-state index in [0.717, 1.165) is 18.4 Å². The van der Waals surface area contributed by atoms with Crippen molar-refractivity contribution in [2.24, 2.45) is 0 Å². The molecule has 2 heterocycles. The number of fused-ring (bicyclic) bond motifs is 2. The van der Waals surface area contributed by atoms with Crippen LogP contribution in [0.3, 0.4) is 0 Å². The molecule has 2 aliphatic rings. The minimum atomic E-state index is -0.784. The Bertz CT molecular complexity index is 269. The van der Waals surface area contributed by atoms with Crippen molar-refractivity contribution in [2.45, 2.75) is 51.1 Å². The van der Waals surface area contributed by atoms with Crippen LogP contribution in [0, 0.1) is 0 Å². The van der Waals surface area contributed by atoms with Gasteiger partial charge in [0.15, 0.2) is 0 Å². The molecule has 15 heavy (non-hydrogen) atoms. The van der Waals surface area contributed by atoms with Crippen LogP contribution in [-0.2, 0) is 4.79 Å². The third-order valence-electron chi connectivity index (χ3n) is 3.58. The van der Waals surface area contributed by atoms with Crippen molar-refractivity contribution in [1.82, 2.24) is 4.90 Å². The van der Waals surface area contributed by atoms with Gasteiger partial charge in [0, 0.05) is 18.2 Å². The Kier molecular flexibility index (Phi) is 3.10. The zero-order chi connectivity index (χ0) is 10.8. The number of aliphatic carboxylic acids is 1. The van der Waals surface area contributed by atoms with Crippen LogP contribution in [0.15, 0.2) is 11.6 Å². The van der Waals surface area contributed by atoms with Crippen molar-refractivity contribution in [1.29, 1.82) is 0 Å². The van der Waals surface area contributed by atoms with Gasteiger partial charge in [-0.3, -0.25) is 4.90 Å². The van der Waals surface area contributed by atoms with Crippen LogP contribution in [0.5, 0.6) is 0 Å². The van der Waals surface area contributed by atoms with Gasteiger partial charge in [0.25, 0.3) is 0 Å². The second-order valence-electron chi connectivity index (χ2n) is 4.67. The van der Waals surface area contributed by atoms with E-state index in [0.29, 0.717) is 12.1 Å². The summed E-state index contributed by atoms with van der Waals surface area (Å²) in [6.07, 6.45) is 7.08. The molecule has 0 radical (unpaired) electrons. The SMILES string of the molecule is CCCN1C2CCC1CC(=CC(=O)O)C2. The lowest BCUT2D eigenvalue weighted by molar-refractivity contribution is -0.131. The molecule has 3 nitrogen and oxygen atoms in total. The lowest BCUT2D eigenvalue weighted by atomic mass is 9.96. The standard InChI is InChI=1S/C12H19NO2/c1-2-5-13-10-3-4-11(13)7-9(6-10)8-12(14)15/h8,10-11H,2-7H2,1H3,(H,14,15). The summed E-state index contributed by atoms with van der Waals surface area (Å²) >= 11 is 0. The van der Waals surface area contributed by atoms with Crippen molar-refractivity contribution < 1.29 is 9.90 Å². The van der Waals surface area contributed by atoms with E-state index in [9.17, 15) is 4.79 Å². The van der Waals surface area contributed by atoms with Crippen LogP contribution >= 0.6 is 0 Å². The number of nitrogens with zero attached hydrogens (tertiary/aromatic N) is 1. The van der Waals surface area contributed by atoms with Gasteiger partial charge in [-0.25, -0.2) is 4.79 Å². The molecule has 0 saturated carbocycles. The molecule has 0 amide bonds. The smallest absolute Gasteiger partial charge is 0.328 e. The zero-order valence-corrected chi connectivity index (χ0v) is 9.28. The van der Waals surface area contributed by atoms with Crippen LogP contribution in [0.25, 0.3) is 0 Å². The quantitative estimate of drug-likeness (QED) is 0.723. The largest absolute Gasteiger partial charge is 0.478 e. The van der Waals surface area contributed by atoms with E-state index in [1.165, 1.54) is 31.9 Å². The lowest BCUT2D eigenvalue weighted by Crippen LogP contribution is -2.40. The van der Waals surface area contributed by atoms with Crippen molar-refractivity contribution in [3.8, 4) is 0 Å². The molecule has 2 bridgehead atoms. The second-order valence-corrected chi connectivity index (χ2v) is 4.67. The van der Waals surface area contributed by atoms with Gasteiger partial charge < -0.3 is 5.11 Å². The number of carboxylic acid groups (broad SMARTS) is 1. The molecule has 3 heteroatoms. The molecular weight excluding hydrogens is 190 g/mol. The van der Waals surface area contributed by atoms with Crippen LogP contribution in [-0.4, -0.2) is 34.6 Å². The molecule has 2 saturated heterocycles. The summed E-state index contributed by atoms with van der Waals surface area (Å²) in [5.74, 6) is -0.784. The Morgan fingerprint density at radius 2 is 2.07 bits per heavy atom. The second kappa shape index (κ2) is 4.35. The summed E-state index contributed by atoms with van der Waals surface area (Å²) < 4.78 is 0. The molecule has 0 aromatic heterocycles. The average molecular weight is 209 g/mol. The monoisotopic (exact) mass is 209 g/mol. The predicted octanol–water partition coefficient (Wildman–Crippen LogP) is 2.03. The van der Waals surface area contributed by atoms with E-state index in [1.807, 2.05) is 0 Å². The van der Waals surface area contributed by atoms with E-state index in [2.05, 4.69) is 11.8 Å². The van der Waals surface area contributed by atoms with E-state index in [1.54, 1.807) is 0 Å². The highest BCUT2D eigenvalue weighted by atomic mass is 16.4. The number of carbonyl (C=O) groups is 1. The fourth-order valence-corrected chi connectivity index (χ4v) is 3.06. The van der Waals surface area contributed by atoms with Crippen LogP contribution in [0.4, 0.5) is 0 Å². The molecule has 0 aromatic rings. The summed E-state index contributed by atoms with van der Waals surface area (Å²) in [6, 6.07) is 1.24. The fourth-order valence-electron chi connectivity index (χ4n) is 3.06. The van der Waals surface area contributed by atoms with Gasteiger partial charge in [-0.05, 0) is 38.6 Å². The Morgan fingerprint density at radius 1 is 1.47 bits per heavy atom. The Hall–Kier alpha value is -0.830. The minimum Gasteiger partial charge on any atom is -0.478 e. The first-order valence-corrected chi connectivity index (χ1v) is 5.88. The molecular formula is C12H19NO2. The maximum absolute atomic E-state index is 10.6. The first-order chi connectivity index (χ1) is 7.20. The van der Waals surface area contributed by atoms with Crippen LogP contribution < -0.4 is 0 Å². The summed E-state index contributed by atoms with van der Waals surface area (Å²) in [7, 11) is 0. The number of hydrogen-bond donors (Lipinski definition) is 1. The van der Waals surface area contributed by atoms with Crippen molar-refractivity contribution >= 4 is 5.97 Å². The topological polar surface area (TPSA) is 40.5 Å². The Morgan fingerprint density at radius 3 is 2.53 bits per heavy atom. The van der Waals surface area contributed by atoms with Crippen molar-refractivity contribution in [3.05, 3.63) is 11.6 Å². The van der Waals surface area contributed by atoms with Gasteiger partial charge in [-0.2, -0.15) is 0 Å². The van der Waals surface area contributed by atoms with E-state index in [-0.39, 0.29) is 0 Å². The Balaban J connectivity index is 2.04. The maximum Gasteiger partial charge on any atom is 0.328 e. The normalized spacial score (nSPS) is 30.6. The highest BCUT2D eigenvalue weighted by Crippen LogP contribution is 2.38. The van der Waals surface area contributed by atoms with E-state index in [4.69, 9.17) is 5.11 Å². The minimum absolute atomic E-state index is 0.620. The molecule has 0 aliphatic carbocycles. The summed E-state index contributed by atoms with van der Waals surface area (Å²) in [5.41, 5.74) is 1.14. The molecule has 1 N–H and O–H groups in total. The lowest BCUT2D eigenvalue weighted by Gasteiger charge is -2.35. The molecule has 2 fully saturated rings. The third-order valence-corrected chi connectivity index (χ3v) is 3.58. The number of carboxylic acids is 1. The highest BCUT2D eigenvalue weighted by Gasteiger charge is 2.37. The van der Waals surface area contributed by atoms with E-state index >= 15 is 0 Å². The van der Waals surface area contributed by atoms with Gasteiger partial charge in [-0.1, -0.05) is 12.5 Å². The van der Waals surface area contributed by atoms with Crippen LogP contribution in [0.2, 0.25) is 0 Å². The average Bonchev–Trinajstić information content (AvgIpc) is 2.43. The summed E-state index contributed by atoms with van der Waals surface area (Å²) in [6.45, 7) is 3.39. The molecule has 2 aliphatic heterocycles. The molecule has 2 atom stereocenters. The van der Waals surface area contributed by atoms with Gasteiger partial charge >= 0.3 is 5.97 Å². The first-order valence-electron chi connectivity index (χ1n) is 5.88.